The predicted molar refractivity (Wildman–Crippen MR) is 45.6 cm³/mol. The van der Waals surface area contributed by atoms with Gasteiger partial charge in [0.2, 0.25) is 0 Å². The molecule has 1 rings (SSSR count). The van der Waals surface area contributed by atoms with E-state index in [2.05, 4.69) is 4.98 Å². The van der Waals surface area contributed by atoms with E-state index in [1.807, 2.05) is 6.92 Å². The molecule has 2 nitrogen and oxygen atoms in total. The van der Waals surface area contributed by atoms with E-state index in [9.17, 15) is 0 Å². The number of nitrogens with zero attached hydrogens (tertiary/aromatic N) is 1. The summed E-state index contributed by atoms with van der Waals surface area (Å²) in [7, 11) is 0. The lowest BCUT2D eigenvalue weighted by atomic mass is 10.3. The Kier molecular flexibility index (Phi) is 3.47. The second-order valence-electron chi connectivity index (χ2n) is 1.86. The number of anilines is 1. The second-order valence-corrected chi connectivity index (χ2v) is 2.29. The standard InChI is InChI=1S/C6H7ClN2.ClH/c1-4-2-5(7)3-9-6(4)8;/h2-3H,1H3,(H2,8,9);1H. The fraction of sp³-hybridized carbons (Fsp3) is 0.167. The number of aryl methyl sites for hydroxylation is 1. The first-order valence-corrected chi connectivity index (χ1v) is 2.95. The highest BCUT2D eigenvalue weighted by atomic mass is 35.5. The van der Waals surface area contributed by atoms with Crippen LogP contribution in [0.4, 0.5) is 5.82 Å². The van der Waals surface area contributed by atoms with Crippen LogP contribution in [0.15, 0.2) is 12.3 Å². The van der Waals surface area contributed by atoms with Gasteiger partial charge in [-0.2, -0.15) is 0 Å². The zero-order valence-corrected chi connectivity index (χ0v) is 7.04. The minimum absolute atomic E-state index is 0. The first-order chi connectivity index (χ1) is 4.20. The van der Waals surface area contributed by atoms with Crippen LogP contribution in [-0.2, 0) is 0 Å². The van der Waals surface area contributed by atoms with E-state index in [4.69, 9.17) is 17.3 Å². The Morgan fingerprint density at radius 1 is 1.60 bits per heavy atom. The number of hydrogen-bond donors (Lipinski definition) is 1. The molecule has 0 fully saturated rings. The van der Waals surface area contributed by atoms with Crippen molar-refractivity contribution in [2.45, 2.75) is 6.92 Å². The molecule has 0 radical (unpaired) electrons. The van der Waals surface area contributed by atoms with Crippen LogP contribution < -0.4 is 5.73 Å². The lowest BCUT2D eigenvalue weighted by Gasteiger charge is -1.95. The Balaban J connectivity index is 0.000000810. The molecule has 0 aliphatic carbocycles. The molecule has 1 aromatic heterocycles. The van der Waals surface area contributed by atoms with Gasteiger partial charge in [0.15, 0.2) is 0 Å². The lowest BCUT2D eigenvalue weighted by Crippen LogP contribution is -1.91. The molecule has 56 valence electrons. The zero-order valence-electron chi connectivity index (χ0n) is 5.47. The Hall–Kier alpha value is -0.470. The lowest BCUT2D eigenvalue weighted by molar-refractivity contribution is 1.28. The molecular formula is C6H8Cl2N2. The summed E-state index contributed by atoms with van der Waals surface area (Å²) in [5.41, 5.74) is 6.34. The summed E-state index contributed by atoms with van der Waals surface area (Å²) in [5, 5.41) is 0.627. The van der Waals surface area contributed by atoms with E-state index >= 15 is 0 Å². The van der Waals surface area contributed by atoms with Crippen LogP contribution in [0.2, 0.25) is 5.02 Å². The van der Waals surface area contributed by atoms with Crippen molar-refractivity contribution in [3.05, 3.63) is 22.8 Å². The van der Waals surface area contributed by atoms with Crippen molar-refractivity contribution in [2.24, 2.45) is 0 Å². The van der Waals surface area contributed by atoms with Gasteiger partial charge in [-0.3, -0.25) is 0 Å². The molecule has 1 heterocycles. The Bertz CT molecular complexity index is 225. The van der Waals surface area contributed by atoms with Crippen molar-refractivity contribution in [1.29, 1.82) is 0 Å². The number of halogens is 2. The van der Waals surface area contributed by atoms with Crippen LogP contribution in [0.5, 0.6) is 0 Å². The van der Waals surface area contributed by atoms with Crippen molar-refractivity contribution in [3.8, 4) is 0 Å². The summed E-state index contributed by atoms with van der Waals surface area (Å²) in [5.74, 6) is 0.541. The van der Waals surface area contributed by atoms with Crippen LogP contribution in [0.25, 0.3) is 0 Å². The third-order valence-corrected chi connectivity index (χ3v) is 1.29. The Morgan fingerprint density at radius 3 is 2.60 bits per heavy atom. The molecule has 0 saturated heterocycles. The molecular weight excluding hydrogens is 171 g/mol. The average molecular weight is 179 g/mol. The predicted octanol–water partition coefficient (Wildman–Crippen LogP) is 2.05. The topological polar surface area (TPSA) is 38.9 Å². The molecule has 0 atom stereocenters. The smallest absolute Gasteiger partial charge is 0.126 e. The van der Waals surface area contributed by atoms with Gasteiger partial charge in [0.05, 0.1) is 5.02 Å². The second kappa shape index (κ2) is 3.64. The fourth-order valence-corrected chi connectivity index (χ4v) is 0.764. The van der Waals surface area contributed by atoms with Crippen LogP contribution in [-0.4, -0.2) is 4.98 Å². The molecule has 0 unspecified atom stereocenters. The van der Waals surface area contributed by atoms with Gasteiger partial charge >= 0.3 is 0 Å². The molecule has 0 aromatic carbocycles. The molecule has 2 N–H and O–H groups in total. The van der Waals surface area contributed by atoms with Crippen LogP contribution in [0, 0.1) is 6.92 Å². The van der Waals surface area contributed by atoms with Crippen molar-refractivity contribution in [1.82, 2.24) is 4.98 Å². The minimum atomic E-state index is 0. The molecule has 0 aliphatic heterocycles. The summed E-state index contributed by atoms with van der Waals surface area (Å²) in [4.78, 5) is 3.82. The average Bonchev–Trinajstić information content (AvgIpc) is 1.80. The van der Waals surface area contributed by atoms with E-state index in [0.717, 1.165) is 5.56 Å². The van der Waals surface area contributed by atoms with Gasteiger partial charge in [-0.25, -0.2) is 4.98 Å². The molecule has 1 aromatic rings. The molecule has 4 heteroatoms. The van der Waals surface area contributed by atoms with Gasteiger partial charge < -0.3 is 5.73 Å². The molecule has 0 aliphatic rings. The number of rotatable bonds is 0. The third kappa shape index (κ3) is 2.05. The van der Waals surface area contributed by atoms with E-state index in [1.165, 1.54) is 6.20 Å². The van der Waals surface area contributed by atoms with Gasteiger partial charge in [0, 0.05) is 6.20 Å². The maximum atomic E-state index is 5.60. The van der Waals surface area contributed by atoms with Gasteiger partial charge in [-0.05, 0) is 18.6 Å². The van der Waals surface area contributed by atoms with Gasteiger partial charge in [-0.1, -0.05) is 11.6 Å². The van der Waals surface area contributed by atoms with Gasteiger partial charge in [0.1, 0.15) is 5.82 Å². The number of hydrogen-bond acceptors (Lipinski definition) is 2. The zero-order chi connectivity index (χ0) is 6.85. The highest BCUT2D eigenvalue weighted by Crippen LogP contribution is 2.12. The largest absolute Gasteiger partial charge is 0.383 e. The van der Waals surface area contributed by atoms with Crippen molar-refractivity contribution in [3.63, 3.8) is 0 Å². The van der Waals surface area contributed by atoms with Crippen LogP contribution >= 0.6 is 24.0 Å². The number of pyridine rings is 1. The molecule has 0 bridgehead atoms. The van der Waals surface area contributed by atoms with Gasteiger partial charge in [0.25, 0.3) is 0 Å². The fourth-order valence-electron chi connectivity index (χ4n) is 0.551. The maximum absolute atomic E-state index is 5.60. The maximum Gasteiger partial charge on any atom is 0.126 e. The number of aromatic nitrogens is 1. The summed E-state index contributed by atoms with van der Waals surface area (Å²) in [6.45, 7) is 1.87. The van der Waals surface area contributed by atoms with Crippen molar-refractivity contribution >= 4 is 29.8 Å². The van der Waals surface area contributed by atoms with E-state index in [1.54, 1.807) is 6.07 Å². The molecule has 0 spiro atoms. The SMILES string of the molecule is Cc1cc(Cl)cnc1N.Cl. The third-order valence-electron chi connectivity index (χ3n) is 1.09. The van der Waals surface area contributed by atoms with Crippen molar-refractivity contribution in [2.75, 3.05) is 5.73 Å². The molecule has 0 amide bonds. The minimum Gasteiger partial charge on any atom is -0.383 e. The number of nitrogens with two attached hydrogens (primary N) is 1. The quantitative estimate of drug-likeness (QED) is 0.661. The highest BCUT2D eigenvalue weighted by Gasteiger charge is 1.92. The van der Waals surface area contributed by atoms with Gasteiger partial charge in [-0.15, -0.1) is 12.4 Å². The summed E-state index contributed by atoms with van der Waals surface area (Å²) >= 11 is 5.60. The van der Waals surface area contributed by atoms with E-state index in [0.29, 0.717) is 10.8 Å². The molecule has 0 saturated carbocycles. The van der Waals surface area contributed by atoms with E-state index in [-0.39, 0.29) is 12.4 Å². The first kappa shape index (κ1) is 9.53. The monoisotopic (exact) mass is 178 g/mol. The van der Waals surface area contributed by atoms with Crippen LogP contribution in [0.3, 0.4) is 0 Å². The highest BCUT2D eigenvalue weighted by molar-refractivity contribution is 6.30. The first-order valence-electron chi connectivity index (χ1n) is 2.58. The Labute approximate surface area is 70.8 Å². The number of nitrogen functional groups attached to an aromatic ring is 1. The summed E-state index contributed by atoms with van der Waals surface area (Å²) < 4.78 is 0. The van der Waals surface area contributed by atoms with Crippen LogP contribution in [0.1, 0.15) is 5.56 Å². The van der Waals surface area contributed by atoms with Crippen molar-refractivity contribution < 1.29 is 0 Å². The normalized spacial score (nSPS) is 8.60. The summed E-state index contributed by atoms with van der Waals surface area (Å²) in [6.07, 6.45) is 1.53. The van der Waals surface area contributed by atoms with E-state index < -0.39 is 0 Å². The molecule has 10 heavy (non-hydrogen) atoms. The summed E-state index contributed by atoms with van der Waals surface area (Å²) in [6, 6.07) is 1.78. The Morgan fingerprint density at radius 2 is 2.20 bits per heavy atom.